The van der Waals surface area contributed by atoms with Crippen molar-refractivity contribution in [2.45, 2.75) is 152 Å². The minimum Gasteiger partial charge on any atom is -0.437 e. The Bertz CT molecular complexity index is 6370. The summed E-state index contributed by atoms with van der Waals surface area (Å²) in [5.74, 6) is -2.93. The molecule has 12 heterocycles. The number of furan rings is 4. The molecule has 1 aliphatic rings. The minimum atomic E-state index is -2.22. The Kier molecular flexibility index (Phi) is 16.6. The SMILES string of the molecule is CCc1ccc(-c2c(C)ccc3c2oc2nc(C)ccc23)[n+](C)c1.CCc1ccc(-c2c(C)ccc3c2oc2nc(CC)ccc23)[n+](C)c1.[2H]C(C)(C)c1ccc2c(n1)oc1c(-c3ccc(CC)c[n+]3C)c(C)ccc12.[2H]C([2H])([2H])c1ccc(-c2c(C)ccc3c2oc2nc(C4([2H])C([2H])([2H])CCCC4([2H])[2H])ccc23)[n+](C)c1. The fourth-order valence-corrected chi connectivity index (χ4v) is 14.3. The maximum Gasteiger partial charge on any atom is 0.227 e. The number of aryl methyl sites for hydroxylation is 14. The van der Waals surface area contributed by atoms with Crippen LogP contribution in [0.15, 0.2) is 188 Å². The van der Waals surface area contributed by atoms with Crippen molar-refractivity contribution in [1.82, 2.24) is 19.9 Å². The molecule has 0 bridgehead atoms. The molecule has 1 saturated carbocycles. The Labute approximate surface area is 617 Å². The fraction of sp³-hybridized carbons (Fsp3) is 0.297. The molecule has 17 rings (SSSR count). The van der Waals surface area contributed by atoms with Crippen LogP contribution in [-0.4, -0.2) is 19.9 Å². The molecule has 0 atom stereocenters. The molecule has 0 amide bonds. The lowest BCUT2D eigenvalue weighted by molar-refractivity contribution is -0.660. The zero-order valence-corrected chi connectivity index (χ0v) is 61.8. The summed E-state index contributed by atoms with van der Waals surface area (Å²) in [4.78, 5) is 18.4. The van der Waals surface area contributed by atoms with Crippen molar-refractivity contribution in [3.63, 3.8) is 0 Å². The Balaban J connectivity index is 0.000000126. The van der Waals surface area contributed by atoms with Crippen molar-refractivity contribution >= 4 is 88.3 Å². The van der Waals surface area contributed by atoms with Gasteiger partial charge in [-0.3, -0.25) is 0 Å². The van der Waals surface area contributed by atoms with Crippen LogP contribution in [0.5, 0.6) is 0 Å². The monoisotopic (exact) mass is 1370 g/mol. The molecule has 1 aliphatic carbocycles. The van der Waals surface area contributed by atoms with Crippen LogP contribution in [0.4, 0.5) is 0 Å². The summed E-state index contributed by atoms with van der Waals surface area (Å²) in [5, 5.41) is 7.92. The van der Waals surface area contributed by atoms with E-state index in [1.54, 1.807) is 36.0 Å². The first-order valence-electron chi connectivity index (χ1n) is 40.4. The Morgan fingerprint density at radius 2 is 0.777 bits per heavy atom. The van der Waals surface area contributed by atoms with Gasteiger partial charge in [0.2, 0.25) is 45.6 Å². The van der Waals surface area contributed by atoms with Crippen LogP contribution in [0, 0.1) is 41.5 Å². The van der Waals surface area contributed by atoms with E-state index < -0.39 is 31.4 Å². The summed E-state index contributed by atoms with van der Waals surface area (Å²) in [7, 11) is 8.05. The summed E-state index contributed by atoms with van der Waals surface area (Å²) in [6.45, 7) is 20.4. The van der Waals surface area contributed by atoms with E-state index >= 15 is 0 Å². The maximum atomic E-state index is 8.98. The minimum absolute atomic E-state index is 0.00890. The van der Waals surface area contributed by atoms with E-state index in [0.717, 1.165) is 148 Å². The second-order valence-corrected chi connectivity index (χ2v) is 27.5. The van der Waals surface area contributed by atoms with Crippen LogP contribution >= 0.6 is 0 Å². The number of fused-ring (bicyclic) bond motifs is 12. The lowest BCUT2D eigenvalue weighted by Gasteiger charge is -2.20. The summed E-state index contributed by atoms with van der Waals surface area (Å²) >= 11 is 0. The van der Waals surface area contributed by atoms with Gasteiger partial charge in [0.25, 0.3) is 0 Å². The highest BCUT2D eigenvalue weighted by atomic mass is 16.4. The predicted octanol–water partition coefficient (Wildman–Crippen LogP) is 21.2. The lowest BCUT2D eigenvalue weighted by Crippen LogP contribution is -2.31. The third-order valence-electron chi connectivity index (χ3n) is 20.1. The molecule has 16 aromatic rings. The molecule has 0 unspecified atom stereocenters. The molecule has 12 aromatic heterocycles. The molecule has 520 valence electrons. The highest BCUT2D eigenvalue weighted by Gasteiger charge is 2.27. The quantitative estimate of drug-likeness (QED) is 0.124. The largest absolute Gasteiger partial charge is 0.437 e. The lowest BCUT2D eigenvalue weighted by atomic mass is 9.86. The number of hydrogen-bond acceptors (Lipinski definition) is 8. The third kappa shape index (κ3) is 13.4. The first-order chi connectivity index (χ1) is 53.2. The van der Waals surface area contributed by atoms with Crippen molar-refractivity contribution in [2.24, 2.45) is 28.2 Å². The van der Waals surface area contributed by atoms with Crippen LogP contribution in [0.3, 0.4) is 0 Å². The van der Waals surface area contributed by atoms with Crippen LogP contribution in [0.1, 0.15) is 165 Å². The normalized spacial score (nSPS) is 15.5. The van der Waals surface area contributed by atoms with Crippen LogP contribution in [0.2, 0.25) is 0 Å². The third-order valence-corrected chi connectivity index (χ3v) is 20.1. The molecule has 0 radical (unpaired) electrons. The van der Waals surface area contributed by atoms with E-state index in [0.29, 0.717) is 34.5 Å². The first-order valence-corrected chi connectivity index (χ1v) is 35.9. The Hall–Kier alpha value is -10.7. The number of pyridine rings is 8. The highest BCUT2D eigenvalue weighted by molar-refractivity contribution is 6.12. The zero-order chi connectivity index (χ0) is 80.0. The van der Waals surface area contributed by atoms with E-state index in [2.05, 4.69) is 213 Å². The maximum absolute atomic E-state index is 8.98. The first kappa shape index (κ1) is 58.9. The zero-order valence-electron chi connectivity index (χ0n) is 70.8. The fourth-order valence-electron chi connectivity index (χ4n) is 14.3. The van der Waals surface area contributed by atoms with E-state index in [9.17, 15) is 0 Å². The van der Waals surface area contributed by atoms with Crippen LogP contribution in [-0.2, 0) is 53.9 Å². The molecule has 4 aromatic carbocycles. The van der Waals surface area contributed by atoms with Crippen molar-refractivity contribution < 1.29 is 48.3 Å². The van der Waals surface area contributed by atoms with Gasteiger partial charge in [0, 0.05) is 131 Å². The Morgan fingerprint density at radius 1 is 0.408 bits per heavy atom. The van der Waals surface area contributed by atoms with Gasteiger partial charge in [-0.05, 0) is 181 Å². The molecular weight excluding hydrogens is 1270 g/mol. The number of rotatable bonds is 10. The number of aromatic nitrogens is 8. The Morgan fingerprint density at radius 3 is 1.17 bits per heavy atom. The predicted molar refractivity (Wildman–Crippen MR) is 418 cm³/mol. The van der Waals surface area contributed by atoms with Gasteiger partial charge in [-0.25, -0.2) is 38.2 Å². The van der Waals surface area contributed by atoms with Gasteiger partial charge in [-0.2, -0.15) is 0 Å². The second kappa shape index (κ2) is 29.0. The van der Waals surface area contributed by atoms with Gasteiger partial charge in [-0.15, -0.1) is 0 Å². The smallest absolute Gasteiger partial charge is 0.227 e. The number of hydrogen-bond donors (Lipinski definition) is 0. The molecule has 0 saturated heterocycles. The molecule has 103 heavy (non-hydrogen) atoms. The van der Waals surface area contributed by atoms with Crippen LogP contribution < -0.4 is 18.3 Å². The standard InChI is InChI=1S/C25H27N2O.C23H25N2O.C22H23N2O.C21H21N2O/c1-16-9-14-22(27(3)15-16)23-17(2)10-11-19-20-12-13-21(18-7-5-4-6-8-18)26-25(20)28-24(19)23;1-6-16-8-12-20(25(5)13-16)21-15(4)7-9-17-18-10-11-19(14(2)3)24-23(18)26-22(17)21;1-5-15-8-12-19(24(4)13-15)20-14(3)7-10-17-18-11-9-16(6-2)23-22(18)25-21(17)20;1-5-15-8-11-18(23(4)12-15)19-13(2)6-9-16-17-10-7-14(3)22-21(17)24-20(16)19/h9-15,18H,4-8H2,1-3H3;7-14H,6H2,1-5H3;7-13H,5-6H2,1-4H3;6-12H,5H2,1-4H3/q4*+1/i1D3,7D2,8D2,18D;14D;;. The van der Waals surface area contributed by atoms with Crippen molar-refractivity contribution in [1.29, 1.82) is 0 Å². The number of benzene rings is 4. The van der Waals surface area contributed by atoms with E-state index in [1.165, 1.54) is 39.4 Å². The number of nitrogens with zero attached hydrogens (tertiary/aromatic N) is 8. The molecule has 0 aliphatic heterocycles. The van der Waals surface area contributed by atoms with E-state index in [1.807, 2.05) is 58.0 Å². The van der Waals surface area contributed by atoms with Crippen LogP contribution in [0.25, 0.3) is 133 Å². The van der Waals surface area contributed by atoms with Gasteiger partial charge in [0.1, 0.15) is 28.2 Å². The average molecular weight is 1370 g/mol. The summed E-state index contributed by atoms with van der Waals surface area (Å²) in [5.41, 5.74) is 25.3. The summed E-state index contributed by atoms with van der Waals surface area (Å²) in [6, 6.07) is 48.7. The topological polar surface area (TPSA) is 120 Å². The molecule has 0 N–H and O–H groups in total. The van der Waals surface area contributed by atoms with Crippen molar-refractivity contribution in [2.75, 3.05) is 0 Å². The molecule has 0 spiro atoms. The van der Waals surface area contributed by atoms with Gasteiger partial charge >= 0.3 is 0 Å². The van der Waals surface area contributed by atoms with Gasteiger partial charge in [0.05, 0.1) is 22.3 Å². The molecule has 1 fully saturated rings. The summed E-state index contributed by atoms with van der Waals surface area (Å²) in [6.07, 6.45) is 8.48. The van der Waals surface area contributed by atoms with Gasteiger partial charge in [0.15, 0.2) is 47.1 Å². The molecule has 12 nitrogen and oxygen atoms in total. The second-order valence-electron chi connectivity index (χ2n) is 27.5. The molecular formula is C91H96N8O4+4. The summed E-state index contributed by atoms with van der Waals surface area (Å²) < 4.78 is 107. The highest BCUT2D eigenvalue weighted by Crippen LogP contribution is 2.42. The molecule has 12 heteroatoms. The van der Waals surface area contributed by atoms with Gasteiger partial charge in [-0.1, -0.05) is 109 Å². The average Bonchev–Trinajstić information content (AvgIpc) is 1.01. The van der Waals surface area contributed by atoms with E-state index in [4.69, 9.17) is 30.0 Å². The van der Waals surface area contributed by atoms with E-state index in [-0.39, 0.29) is 29.8 Å². The van der Waals surface area contributed by atoms with Crippen molar-refractivity contribution in [3.05, 3.63) is 238 Å². The van der Waals surface area contributed by atoms with Crippen molar-refractivity contribution in [3.8, 4) is 45.0 Å². The van der Waals surface area contributed by atoms with Gasteiger partial charge < -0.3 is 17.7 Å².